The summed E-state index contributed by atoms with van der Waals surface area (Å²) in [6, 6.07) is 6.23. The van der Waals surface area contributed by atoms with Gasteiger partial charge in [-0.2, -0.15) is 0 Å². The molecule has 2 aliphatic rings. The summed E-state index contributed by atoms with van der Waals surface area (Å²) in [7, 11) is -3.07. The molecule has 4 nitrogen and oxygen atoms in total. The van der Waals surface area contributed by atoms with E-state index in [9.17, 15) is 8.42 Å². The van der Waals surface area contributed by atoms with Crippen molar-refractivity contribution in [2.24, 2.45) is 11.8 Å². The Morgan fingerprint density at radius 2 is 1.79 bits per heavy atom. The number of nitrogens with one attached hydrogen (secondary N) is 1. The van der Waals surface area contributed by atoms with Crippen molar-refractivity contribution in [3.8, 4) is 0 Å². The molecule has 1 aromatic rings. The van der Waals surface area contributed by atoms with E-state index in [-0.39, 0.29) is 11.8 Å². The zero-order valence-corrected chi connectivity index (χ0v) is 20.5. The number of hydrogen-bond acceptors (Lipinski definition) is 3. The maximum Gasteiger partial charge on any atom is 0.211 e. The highest BCUT2D eigenvalue weighted by Crippen LogP contribution is 2.30. The number of hydrogen-bond donors (Lipinski definition) is 1. The predicted octanol–water partition coefficient (Wildman–Crippen LogP) is 5.25. The Balaban J connectivity index is 1.34. The maximum absolute atomic E-state index is 11.7. The second-order valence-corrected chi connectivity index (χ2v) is 12.1. The highest BCUT2D eigenvalue weighted by molar-refractivity contribution is 9.10. The van der Waals surface area contributed by atoms with Crippen LogP contribution in [0, 0.1) is 11.8 Å². The molecule has 1 saturated heterocycles. The Morgan fingerprint density at radius 3 is 2.45 bits per heavy atom. The van der Waals surface area contributed by atoms with Gasteiger partial charge in [0, 0.05) is 15.5 Å². The predicted molar refractivity (Wildman–Crippen MR) is 125 cm³/mol. The quantitative estimate of drug-likeness (QED) is 0.525. The topological polar surface area (TPSA) is 49.4 Å². The average Bonchev–Trinajstić information content (AvgIpc) is 2.71. The van der Waals surface area contributed by atoms with Gasteiger partial charge in [0.25, 0.3) is 0 Å². The van der Waals surface area contributed by atoms with E-state index >= 15 is 0 Å². The van der Waals surface area contributed by atoms with Gasteiger partial charge in [-0.3, -0.25) is 0 Å². The first-order chi connectivity index (χ1) is 13.8. The molecule has 1 N–H and O–H groups in total. The molecule has 1 aliphatic carbocycles. The largest absolute Gasteiger partial charge is 0.303 e. The molecule has 29 heavy (non-hydrogen) atoms. The van der Waals surface area contributed by atoms with E-state index < -0.39 is 10.0 Å². The Kier molecular flexibility index (Phi) is 8.87. The molecule has 1 heterocycles. The lowest BCUT2D eigenvalue weighted by molar-refractivity contribution is 0.164. The van der Waals surface area contributed by atoms with Crippen molar-refractivity contribution in [2.75, 3.05) is 25.4 Å². The van der Waals surface area contributed by atoms with Crippen molar-refractivity contribution in [3.63, 3.8) is 0 Å². The van der Waals surface area contributed by atoms with Gasteiger partial charge in [0.15, 0.2) is 0 Å². The second kappa shape index (κ2) is 10.9. The number of benzene rings is 1. The lowest BCUT2D eigenvalue weighted by Crippen LogP contribution is -2.39. The number of likely N-dealkylation sites (tertiary alicyclic amines) is 1. The average molecular weight is 506 g/mol. The van der Waals surface area contributed by atoms with E-state index in [1.807, 2.05) is 6.07 Å². The number of halogens is 2. The molecule has 0 unspecified atom stereocenters. The monoisotopic (exact) mass is 504 g/mol. The van der Waals surface area contributed by atoms with Crippen LogP contribution in [0.2, 0.25) is 5.02 Å². The van der Waals surface area contributed by atoms with Crippen LogP contribution in [0.5, 0.6) is 0 Å². The van der Waals surface area contributed by atoms with Gasteiger partial charge in [0.05, 0.1) is 5.75 Å². The molecule has 3 rings (SSSR count). The molecule has 0 aromatic heterocycles. The van der Waals surface area contributed by atoms with E-state index in [2.05, 4.69) is 37.7 Å². The van der Waals surface area contributed by atoms with Crippen molar-refractivity contribution in [1.82, 2.24) is 9.62 Å². The third kappa shape index (κ3) is 7.49. The van der Waals surface area contributed by atoms with Gasteiger partial charge in [-0.1, -0.05) is 27.5 Å². The molecule has 0 bridgehead atoms. The third-order valence-corrected chi connectivity index (χ3v) is 9.11. The molecule has 2 fully saturated rings. The summed E-state index contributed by atoms with van der Waals surface area (Å²) >= 11 is 9.81. The Morgan fingerprint density at radius 1 is 1.10 bits per heavy atom. The molecule has 0 atom stereocenters. The van der Waals surface area contributed by atoms with Crippen LogP contribution < -0.4 is 4.72 Å². The van der Waals surface area contributed by atoms with Crippen LogP contribution in [0.3, 0.4) is 0 Å². The molecule has 164 valence electrons. The van der Waals surface area contributed by atoms with Crippen molar-refractivity contribution in [3.05, 3.63) is 33.3 Å². The standard InChI is InChI=1S/C22H34BrClN2O2S/c1-2-29(27,28)25-21-6-3-17(4-7-21)9-12-26-13-10-18(11-14-26)15-19-16-20(24)5-8-22(19)23/h5,8,16-18,21,25H,2-4,6-7,9-15H2,1H3/t17-,21-. The first-order valence-corrected chi connectivity index (χ1v) is 13.8. The molecule has 7 heteroatoms. The molecular weight excluding hydrogens is 472 g/mol. The number of piperidine rings is 1. The van der Waals surface area contributed by atoms with Gasteiger partial charge < -0.3 is 4.90 Å². The highest BCUT2D eigenvalue weighted by atomic mass is 79.9. The van der Waals surface area contributed by atoms with Crippen molar-refractivity contribution in [2.45, 2.75) is 64.3 Å². The summed E-state index contributed by atoms with van der Waals surface area (Å²) in [5.74, 6) is 1.66. The zero-order valence-electron chi connectivity index (χ0n) is 17.4. The first kappa shape index (κ1) is 23.5. The zero-order chi connectivity index (χ0) is 20.9. The maximum atomic E-state index is 11.7. The smallest absolute Gasteiger partial charge is 0.211 e. The fraction of sp³-hybridized carbons (Fsp3) is 0.727. The molecule has 0 radical (unpaired) electrons. The van der Waals surface area contributed by atoms with Gasteiger partial charge >= 0.3 is 0 Å². The minimum Gasteiger partial charge on any atom is -0.303 e. The lowest BCUT2D eigenvalue weighted by atomic mass is 9.84. The van der Waals surface area contributed by atoms with E-state index in [0.29, 0.717) is 0 Å². The van der Waals surface area contributed by atoms with Crippen LogP contribution in [-0.2, 0) is 16.4 Å². The van der Waals surface area contributed by atoms with Crippen LogP contribution in [0.1, 0.15) is 57.4 Å². The fourth-order valence-corrected chi connectivity index (χ4v) is 6.21. The molecule has 1 saturated carbocycles. The van der Waals surface area contributed by atoms with Crippen molar-refractivity contribution in [1.29, 1.82) is 0 Å². The molecule has 1 aliphatic heterocycles. The van der Waals surface area contributed by atoms with Crippen LogP contribution >= 0.6 is 27.5 Å². The molecular formula is C22H34BrClN2O2S. The minimum absolute atomic E-state index is 0.151. The molecule has 0 spiro atoms. The Labute approximate surface area is 190 Å². The van der Waals surface area contributed by atoms with Gasteiger partial charge in [-0.25, -0.2) is 13.1 Å². The summed E-state index contributed by atoms with van der Waals surface area (Å²) in [6.07, 6.45) is 9.13. The normalized spacial score (nSPS) is 24.7. The fourth-order valence-electron chi connectivity index (χ4n) is 4.70. The summed E-state index contributed by atoms with van der Waals surface area (Å²) in [5.41, 5.74) is 1.33. The van der Waals surface area contributed by atoms with Gasteiger partial charge in [-0.15, -0.1) is 0 Å². The summed E-state index contributed by atoms with van der Waals surface area (Å²) in [5, 5.41) is 0.817. The molecule has 0 amide bonds. The number of rotatable bonds is 8. The van der Waals surface area contributed by atoms with E-state index in [1.54, 1.807) is 6.92 Å². The van der Waals surface area contributed by atoms with Gasteiger partial charge in [0.2, 0.25) is 10.0 Å². The van der Waals surface area contributed by atoms with E-state index in [4.69, 9.17) is 11.6 Å². The summed E-state index contributed by atoms with van der Waals surface area (Å²) < 4.78 is 27.5. The third-order valence-electron chi connectivity index (χ3n) is 6.65. The highest BCUT2D eigenvalue weighted by Gasteiger charge is 2.25. The number of sulfonamides is 1. The SMILES string of the molecule is CCS(=O)(=O)N[C@H]1CC[C@H](CCN2CCC(Cc3cc(Cl)ccc3Br)CC2)CC1. The van der Waals surface area contributed by atoms with Crippen molar-refractivity contribution < 1.29 is 8.42 Å². The van der Waals surface area contributed by atoms with Crippen LogP contribution in [0.25, 0.3) is 0 Å². The van der Waals surface area contributed by atoms with Crippen LogP contribution in [-0.4, -0.2) is 44.7 Å². The summed E-state index contributed by atoms with van der Waals surface area (Å²) in [6.45, 7) is 5.26. The van der Waals surface area contributed by atoms with E-state index in [0.717, 1.165) is 49.0 Å². The van der Waals surface area contributed by atoms with Gasteiger partial charge in [0.1, 0.15) is 0 Å². The van der Waals surface area contributed by atoms with Gasteiger partial charge in [-0.05, 0) is 114 Å². The van der Waals surface area contributed by atoms with Crippen LogP contribution in [0.4, 0.5) is 0 Å². The van der Waals surface area contributed by atoms with Crippen molar-refractivity contribution >= 4 is 37.6 Å². The number of nitrogens with zero attached hydrogens (tertiary/aromatic N) is 1. The Bertz CT molecular complexity index is 758. The van der Waals surface area contributed by atoms with E-state index in [1.165, 1.54) is 48.9 Å². The Hall–Kier alpha value is -0.140. The first-order valence-electron chi connectivity index (χ1n) is 11.0. The second-order valence-electron chi connectivity index (χ2n) is 8.75. The lowest BCUT2D eigenvalue weighted by Gasteiger charge is -2.34. The molecule has 1 aromatic carbocycles. The summed E-state index contributed by atoms with van der Waals surface area (Å²) in [4.78, 5) is 2.62. The minimum atomic E-state index is -3.07. The van der Waals surface area contributed by atoms with Crippen LogP contribution in [0.15, 0.2) is 22.7 Å².